The maximum Gasteiger partial charge on any atom is 0.193 e. The van der Waals surface area contributed by atoms with Gasteiger partial charge < -0.3 is 10.2 Å². The standard InChI is InChI=1S/C12H18ClNO/c1-8-3-2-4-9(7-8)12(14)10-5-6-11(13)15-10/h5-6,8-9,12H,2-4,7,14H2,1H3. The fraction of sp³-hybridized carbons (Fsp3) is 0.667. The van der Waals surface area contributed by atoms with E-state index >= 15 is 0 Å². The highest BCUT2D eigenvalue weighted by Gasteiger charge is 2.26. The molecule has 1 saturated carbocycles. The van der Waals surface area contributed by atoms with E-state index in [-0.39, 0.29) is 6.04 Å². The van der Waals surface area contributed by atoms with Crippen LogP contribution < -0.4 is 5.73 Å². The molecule has 0 amide bonds. The van der Waals surface area contributed by atoms with Crippen LogP contribution in [0.25, 0.3) is 0 Å². The van der Waals surface area contributed by atoms with Crippen LogP contribution >= 0.6 is 11.6 Å². The second-order valence-electron chi connectivity index (χ2n) is 4.70. The first kappa shape index (κ1) is 11.0. The Morgan fingerprint density at radius 1 is 1.47 bits per heavy atom. The molecular weight excluding hydrogens is 210 g/mol. The van der Waals surface area contributed by atoms with Crippen molar-refractivity contribution < 1.29 is 4.42 Å². The molecule has 84 valence electrons. The molecule has 1 aliphatic rings. The van der Waals surface area contributed by atoms with Gasteiger partial charge in [0.2, 0.25) is 0 Å². The Hall–Kier alpha value is -0.470. The van der Waals surface area contributed by atoms with Crippen molar-refractivity contribution in [3.63, 3.8) is 0 Å². The molecule has 1 heterocycles. The molecule has 1 aromatic rings. The number of hydrogen-bond donors (Lipinski definition) is 1. The monoisotopic (exact) mass is 227 g/mol. The number of halogens is 1. The minimum absolute atomic E-state index is 0.0141. The van der Waals surface area contributed by atoms with Gasteiger partial charge in [-0.25, -0.2) is 0 Å². The minimum atomic E-state index is 0.0141. The summed E-state index contributed by atoms with van der Waals surface area (Å²) in [4.78, 5) is 0. The molecule has 1 aliphatic carbocycles. The summed E-state index contributed by atoms with van der Waals surface area (Å²) in [5.74, 6) is 2.18. The van der Waals surface area contributed by atoms with Gasteiger partial charge in [-0.3, -0.25) is 0 Å². The second kappa shape index (κ2) is 4.58. The van der Waals surface area contributed by atoms with Gasteiger partial charge in [0, 0.05) is 0 Å². The van der Waals surface area contributed by atoms with Crippen LogP contribution in [0.3, 0.4) is 0 Å². The lowest BCUT2D eigenvalue weighted by Crippen LogP contribution is -2.25. The highest BCUT2D eigenvalue weighted by Crippen LogP contribution is 2.36. The van der Waals surface area contributed by atoms with E-state index in [1.165, 1.54) is 25.7 Å². The smallest absolute Gasteiger partial charge is 0.193 e. The van der Waals surface area contributed by atoms with E-state index in [1.807, 2.05) is 6.07 Å². The summed E-state index contributed by atoms with van der Waals surface area (Å²) in [6.07, 6.45) is 5.04. The molecule has 0 spiro atoms. The normalized spacial score (nSPS) is 29.0. The summed E-state index contributed by atoms with van der Waals surface area (Å²) in [6, 6.07) is 3.68. The Labute approximate surface area is 95.8 Å². The molecule has 1 aromatic heterocycles. The molecular formula is C12H18ClNO. The van der Waals surface area contributed by atoms with Gasteiger partial charge in [0.15, 0.2) is 5.22 Å². The van der Waals surface area contributed by atoms with Crippen molar-refractivity contribution in [3.05, 3.63) is 23.1 Å². The lowest BCUT2D eigenvalue weighted by Gasteiger charge is -2.30. The molecule has 3 unspecified atom stereocenters. The SMILES string of the molecule is CC1CCCC(C(N)c2ccc(Cl)o2)C1. The van der Waals surface area contributed by atoms with Gasteiger partial charge in [0.05, 0.1) is 6.04 Å². The molecule has 2 N–H and O–H groups in total. The van der Waals surface area contributed by atoms with Gasteiger partial charge in [-0.15, -0.1) is 0 Å². The van der Waals surface area contributed by atoms with Gasteiger partial charge in [0.25, 0.3) is 0 Å². The van der Waals surface area contributed by atoms with Crippen LogP contribution in [0, 0.1) is 11.8 Å². The number of rotatable bonds is 2. The average molecular weight is 228 g/mol. The van der Waals surface area contributed by atoms with E-state index in [1.54, 1.807) is 6.07 Å². The lowest BCUT2D eigenvalue weighted by atomic mass is 9.78. The molecule has 3 atom stereocenters. The zero-order valence-electron chi connectivity index (χ0n) is 9.08. The summed E-state index contributed by atoms with van der Waals surface area (Å²) in [7, 11) is 0. The first-order valence-corrected chi connectivity index (χ1v) is 6.05. The van der Waals surface area contributed by atoms with Crippen LogP contribution in [-0.2, 0) is 0 Å². The van der Waals surface area contributed by atoms with Crippen LogP contribution in [-0.4, -0.2) is 0 Å². The highest BCUT2D eigenvalue weighted by atomic mass is 35.5. The van der Waals surface area contributed by atoms with Crippen LogP contribution in [0.1, 0.15) is 44.4 Å². The zero-order chi connectivity index (χ0) is 10.8. The third-order valence-corrected chi connectivity index (χ3v) is 3.61. The van der Waals surface area contributed by atoms with Crippen molar-refractivity contribution in [2.45, 2.75) is 38.6 Å². The van der Waals surface area contributed by atoms with Crippen molar-refractivity contribution in [2.24, 2.45) is 17.6 Å². The Morgan fingerprint density at radius 3 is 2.87 bits per heavy atom. The van der Waals surface area contributed by atoms with Gasteiger partial charge in [0.1, 0.15) is 5.76 Å². The molecule has 0 radical (unpaired) electrons. The molecule has 0 aromatic carbocycles. The quantitative estimate of drug-likeness (QED) is 0.836. The summed E-state index contributed by atoms with van der Waals surface area (Å²) in [6.45, 7) is 2.30. The largest absolute Gasteiger partial charge is 0.448 e. The van der Waals surface area contributed by atoms with Crippen LogP contribution in [0.2, 0.25) is 5.22 Å². The number of hydrogen-bond acceptors (Lipinski definition) is 2. The van der Waals surface area contributed by atoms with E-state index in [0.29, 0.717) is 11.1 Å². The topological polar surface area (TPSA) is 39.2 Å². The predicted molar refractivity (Wildman–Crippen MR) is 61.8 cm³/mol. The summed E-state index contributed by atoms with van der Waals surface area (Å²) in [5, 5.41) is 0.435. The fourth-order valence-corrected chi connectivity index (χ4v) is 2.70. The van der Waals surface area contributed by atoms with E-state index in [4.69, 9.17) is 21.8 Å². The molecule has 2 nitrogen and oxygen atoms in total. The molecule has 0 aliphatic heterocycles. The van der Waals surface area contributed by atoms with E-state index in [2.05, 4.69) is 6.92 Å². The Bertz CT molecular complexity index is 323. The average Bonchev–Trinajstić information content (AvgIpc) is 2.64. The van der Waals surface area contributed by atoms with Crippen LogP contribution in [0.15, 0.2) is 16.5 Å². The summed E-state index contributed by atoms with van der Waals surface area (Å²) < 4.78 is 5.37. The maximum absolute atomic E-state index is 6.19. The maximum atomic E-state index is 6.19. The Kier molecular flexibility index (Phi) is 3.37. The molecule has 1 fully saturated rings. The van der Waals surface area contributed by atoms with Gasteiger partial charge in [-0.2, -0.15) is 0 Å². The molecule has 2 rings (SSSR count). The fourth-order valence-electron chi connectivity index (χ4n) is 2.55. The molecule has 3 heteroatoms. The van der Waals surface area contributed by atoms with Crippen molar-refractivity contribution in [2.75, 3.05) is 0 Å². The van der Waals surface area contributed by atoms with Crippen molar-refractivity contribution >= 4 is 11.6 Å². The second-order valence-corrected chi connectivity index (χ2v) is 5.07. The number of furan rings is 1. The van der Waals surface area contributed by atoms with Gasteiger partial charge >= 0.3 is 0 Å². The van der Waals surface area contributed by atoms with Crippen LogP contribution in [0.4, 0.5) is 0 Å². The van der Waals surface area contributed by atoms with Gasteiger partial charge in [-0.05, 0) is 48.4 Å². The first-order valence-electron chi connectivity index (χ1n) is 5.67. The molecule has 0 bridgehead atoms. The van der Waals surface area contributed by atoms with Crippen molar-refractivity contribution in [1.82, 2.24) is 0 Å². The predicted octanol–water partition coefficient (Wildman–Crippen LogP) is 3.76. The van der Waals surface area contributed by atoms with Crippen molar-refractivity contribution in [3.8, 4) is 0 Å². The molecule has 15 heavy (non-hydrogen) atoms. The summed E-state index contributed by atoms with van der Waals surface area (Å²) in [5.41, 5.74) is 6.19. The minimum Gasteiger partial charge on any atom is -0.448 e. The third-order valence-electron chi connectivity index (χ3n) is 3.41. The number of nitrogens with two attached hydrogens (primary N) is 1. The lowest BCUT2D eigenvalue weighted by molar-refractivity contribution is 0.232. The van der Waals surface area contributed by atoms with E-state index in [0.717, 1.165) is 11.7 Å². The Morgan fingerprint density at radius 2 is 2.27 bits per heavy atom. The van der Waals surface area contributed by atoms with E-state index < -0.39 is 0 Å². The van der Waals surface area contributed by atoms with Crippen LogP contribution in [0.5, 0.6) is 0 Å². The molecule has 0 saturated heterocycles. The van der Waals surface area contributed by atoms with Gasteiger partial charge in [-0.1, -0.05) is 19.8 Å². The Balaban J connectivity index is 2.03. The van der Waals surface area contributed by atoms with E-state index in [9.17, 15) is 0 Å². The zero-order valence-corrected chi connectivity index (χ0v) is 9.83. The summed E-state index contributed by atoms with van der Waals surface area (Å²) >= 11 is 5.75. The highest BCUT2D eigenvalue weighted by molar-refractivity contribution is 6.28. The van der Waals surface area contributed by atoms with Crippen molar-refractivity contribution in [1.29, 1.82) is 0 Å². The first-order chi connectivity index (χ1) is 7.16. The third kappa shape index (κ3) is 2.56.